The molecule has 156 valence electrons. The zero-order valence-electron chi connectivity index (χ0n) is 17.3. The van der Waals surface area contributed by atoms with Gasteiger partial charge in [0.25, 0.3) is 0 Å². The maximum absolute atomic E-state index is 13.5. The lowest BCUT2D eigenvalue weighted by Gasteiger charge is -2.16. The number of benzene rings is 2. The molecule has 0 aliphatic carbocycles. The Hall–Kier alpha value is -2.14. The van der Waals surface area contributed by atoms with Gasteiger partial charge in [0.1, 0.15) is 0 Å². The first-order chi connectivity index (χ1) is 14.1. The Morgan fingerprint density at radius 3 is 2.38 bits per heavy atom. The van der Waals surface area contributed by atoms with Crippen LogP contribution >= 0.6 is 7.60 Å². The van der Waals surface area contributed by atoms with Gasteiger partial charge < -0.3 is 18.8 Å². The van der Waals surface area contributed by atoms with Crippen LogP contribution in [0.4, 0.5) is 5.88 Å². The smallest absolute Gasteiger partial charge is 0.385 e. The van der Waals surface area contributed by atoms with Crippen molar-refractivity contribution in [1.29, 1.82) is 0 Å². The number of anilines is 1. The van der Waals surface area contributed by atoms with Crippen LogP contribution in [0.3, 0.4) is 0 Å². The van der Waals surface area contributed by atoms with Crippen molar-refractivity contribution in [2.75, 3.05) is 25.1 Å². The Morgan fingerprint density at radius 2 is 1.69 bits per heavy atom. The van der Waals surface area contributed by atoms with E-state index in [0.29, 0.717) is 38.0 Å². The largest absolute Gasteiger partial charge is 0.424 e. The maximum atomic E-state index is 13.5. The quantitative estimate of drug-likeness (QED) is 0.415. The van der Waals surface area contributed by atoms with Gasteiger partial charge in [-0.15, -0.1) is 0 Å². The molecule has 0 saturated carbocycles. The van der Waals surface area contributed by atoms with Crippen LogP contribution < -0.4 is 10.8 Å². The summed E-state index contributed by atoms with van der Waals surface area (Å²) in [6.07, 6.45) is 1.95. The predicted octanol–water partition coefficient (Wildman–Crippen LogP) is 5.52. The van der Waals surface area contributed by atoms with Gasteiger partial charge >= 0.3 is 7.60 Å². The van der Waals surface area contributed by atoms with E-state index >= 15 is 0 Å². The van der Waals surface area contributed by atoms with Crippen LogP contribution in [0.2, 0.25) is 0 Å². The van der Waals surface area contributed by atoms with Crippen LogP contribution in [0.5, 0.6) is 0 Å². The minimum atomic E-state index is -3.57. The molecule has 0 aliphatic rings. The molecule has 0 aliphatic heterocycles. The first-order valence-electron chi connectivity index (χ1n) is 10.2. The van der Waals surface area contributed by atoms with Crippen molar-refractivity contribution in [1.82, 2.24) is 4.98 Å². The van der Waals surface area contributed by atoms with Crippen LogP contribution in [0.15, 0.2) is 46.9 Å². The first-order valence-corrected chi connectivity index (χ1v) is 11.8. The Bertz CT molecular complexity index is 969. The fourth-order valence-corrected chi connectivity index (χ4v) is 4.86. The van der Waals surface area contributed by atoms with Crippen molar-refractivity contribution in [3.63, 3.8) is 0 Å². The minimum Gasteiger partial charge on any atom is -0.424 e. The summed E-state index contributed by atoms with van der Waals surface area (Å²) in [4.78, 5) is 4.57. The molecular weight excluding hydrogens is 387 g/mol. The van der Waals surface area contributed by atoms with E-state index in [2.05, 4.69) is 34.6 Å². The molecule has 0 amide bonds. The van der Waals surface area contributed by atoms with Gasteiger partial charge in [0, 0.05) is 6.54 Å². The van der Waals surface area contributed by atoms with Gasteiger partial charge in [-0.25, -0.2) is 4.98 Å². The highest BCUT2D eigenvalue weighted by Crippen LogP contribution is 2.49. The Labute approximate surface area is 172 Å². The number of nitrogens with one attached hydrogen (secondary N) is 1. The third-order valence-electron chi connectivity index (χ3n) is 4.40. The second-order valence-electron chi connectivity index (χ2n) is 6.77. The zero-order valence-corrected chi connectivity index (χ0v) is 18.2. The van der Waals surface area contributed by atoms with Gasteiger partial charge in [0.2, 0.25) is 17.2 Å². The fraction of sp³-hybridized carbons (Fsp3) is 0.409. The van der Waals surface area contributed by atoms with Gasteiger partial charge in [-0.05, 0) is 36.1 Å². The van der Waals surface area contributed by atoms with Crippen molar-refractivity contribution in [3.05, 3.63) is 53.9 Å². The Balaban J connectivity index is 1.97. The molecule has 0 unspecified atom stereocenters. The molecule has 3 aromatic rings. The summed E-state index contributed by atoms with van der Waals surface area (Å²) in [5.74, 6) is 0.839. The fourth-order valence-electron chi connectivity index (χ4n) is 3.08. The van der Waals surface area contributed by atoms with Gasteiger partial charge in [-0.2, -0.15) is 0 Å². The SMILES string of the molecule is CCCOP(=O)(OCCC)c1nc(Cc2cccc3ccccc23)oc1NCC. The van der Waals surface area contributed by atoms with E-state index in [-0.39, 0.29) is 5.44 Å². The summed E-state index contributed by atoms with van der Waals surface area (Å²) in [5.41, 5.74) is 1.33. The topological polar surface area (TPSA) is 73.6 Å². The highest BCUT2D eigenvalue weighted by molar-refractivity contribution is 7.62. The van der Waals surface area contributed by atoms with E-state index in [4.69, 9.17) is 13.5 Å². The third-order valence-corrected chi connectivity index (χ3v) is 6.27. The summed E-state index contributed by atoms with van der Waals surface area (Å²) in [7, 11) is -3.57. The molecule has 0 radical (unpaired) electrons. The second kappa shape index (κ2) is 10.1. The summed E-state index contributed by atoms with van der Waals surface area (Å²) in [6.45, 7) is 7.14. The van der Waals surface area contributed by atoms with Crippen LogP contribution in [-0.2, 0) is 20.0 Å². The van der Waals surface area contributed by atoms with Gasteiger partial charge in [0.15, 0.2) is 0 Å². The lowest BCUT2D eigenvalue weighted by atomic mass is 10.0. The Kier molecular flexibility index (Phi) is 7.48. The monoisotopic (exact) mass is 416 g/mol. The molecule has 29 heavy (non-hydrogen) atoms. The van der Waals surface area contributed by atoms with Crippen molar-refractivity contribution in [3.8, 4) is 0 Å². The van der Waals surface area contributed by atoms with Crippen LogP contribution in [-0.4, -0.2) is 24.7 Å². The number of fused-ring (bicyclic) bond motifs is 1. The molecule has 0 bridgehead atoms. The molecule has 1 N–H and O–H groups in total. The van der Waals surface area contributed by atoms with E-state index in [1.807, 2.05) is 39.0 Å². The summed E-state index contributed by atoms with van der Waals surface area (Å²) >= 11 is 0. The molecule has 0 fully saturated rings. The molecular formula is C22H29N2O4P. The number of aromatic nitrogens is 1. The van der Waals surface area contributed by atoms with E-state index < -0.39 is 7.60 Å². The highest BCUT2D eigenvalue weighted by atomic mass is 31.2. The minimum absolute atomic E-state index is 0.233. The zero-order chi connectivity index (χ0) is 20.7. The number of nitrogens with zero attached hydrogens (tertiary/aromatic N) is 1. The molecule has 0 atom stereocenters. The van der Waals surface area contributed by atoms with Gasteiger partial charge in [-0.3, -0.25) is 4.57 Å². The molecule has 7 heteroatoms. The molecule has 1 heterocycles. The lowest BCUT2D eigenvalue weighted by molar-refractivity contribution is 0.213. The van der Waals surface area contributed by atoms with Crippen LogP contribution in [0, 0.1) is 0 Å². The van der Waals surface area contributed by atoms with Crippen molar-refractivity contribution >= 4 is 29.7 Å². The molecule has 0 saturated heterocycles. The van der Waals surface area contributed by atoms with Crippen molar-refractivity contribution in [2.24, 2.45) is 0 Å². The molecule has 1 aromatic heterocycles. The summed E-state index contributed by atoms with van der Waals surface area (Å²) in [6, 6.07) is 14.4. The molecule has 2 aromatic carbocycles. The predicted molar refractivity (Wildman–Crippen MR) is 117 cm³/mol. The standard InChI is InChI=1S/C22H29N2O4P/c1-4-14-26-29(25,27-15-5-2)22-21(23-6-3)28-20(24-22)16-18-12-9-11-17-10-7-8-13-19(17)18/h7-13,23H,4-6,14-16H2,1-3H3. The summed E-state index contributed by atoms with van der Waals surface area (Å²) < 4.78 is 30.8. The summed E-state index contributed by atoms with van der Waals surface area (Å²) in [5, 5.41) is 5.42. The van der Waals surface area contributed by atoms with Gasteiger partial charge in [0.05, 0.1) is 19.6 Å². The van der Waals surface area contributed by atoms with E-state index in [9.17, 15) is 4.57 Å². The van der Waals surface area contributed by atoms with E-state index in [1.54, 1.807) is 0 Å². The normalized spacial score (nSPS) is 11.8. The number of rotatable bonds is 11. The molecule has 6 nitrogen and oxygen atoms in total. The lowest BCUT2D eigenvalue weighted by Crippen LogP contribution is -2.17. The van der Waals surface area contributed by atoms with Gasteiger partial charge in [-0.1, -0.05) is 56.3 Å². The van der Waals surface area contributed by atoms with Crippen molar-refractivity contribution in [2.45, 2.75) is 40.0 Å². The average molecular weight is 416 g/mol. The third kappa shape index (κ3) is 5.08. The first kappa shape index (κ1) is 21.6. The maximum Gasteiger partial charge on any atom is 0.385 e. The number of oxazole rings is 1. The van der Waals surface area contributed by atoms with E-state index in [1.165, 1.54) is 0 Å². The second-order valence-corrected chi connectivity index (χ2v) is 8.70. The molecule has 0 spiro atoms. The Morgan fingerprint density at radius 1 is 1.00 bits per heavy atom. The van der Waals surface area contributed by atoms with Crippen LogP contribution in [0.25, 0.3) is 10.8 Å². The average Bonchev–Trinajstić information content (AvgIpc) is 3.14. The highest BCUT2D eigenvalue weighted by Gasteiger charge is 2.35. The van der Waals surface area contributed by atoms with E-state index in [0.717, 1.165) is 29.2 Å². The van der Waals surface area contributed by atoms with Crippen LogP contribution in [0.1, 0.15) is 45.1 Å². The number of hydrogen-bond acceptors (Lipinski definition) is 6. The van der Waals surface area contributed by atoms with Crippen molar-refractivity contribution < 1.29 is 18.0 Å². The molecule has 3 rings (SSSR count). The number of hydrogen-bond donors (Lipinski definition) is 1.